The Labute approximate surface area is 139 Å². The molecule has 118 valence electrons. The monoisotopic (exact) mass is 336 g/mol. The molecular weight excluding hydrogens is 316 g/mol. The first-order valence-electron chi connectivity index (χ1n) is 7.04. The highest BCUT2D eigenvalue weighted by atomic mass is 32.2. The molecule has 0 radical (unpaired) electrons. The van der Waals surface area contributed by atoms with Crippen LogP contribution in [0, 0.1) is 0 Å². The Morgan fingerprint density at radius 3 is 2.86 bits per heavy atom. The van der Waals surface area contributed by atoms with Crippen molar-refractivity contribution in [2.45, 2.75) is 12.2 Å². The highest BCUT2D eigenvalue weighted by molar-refractivity contribution is 7.90. The second kappa shape index (κ2) is 8.77. The summed E-state index contributed by atoms with van der Waals surface area (Å²) >= 11 is 4.01. The van der Waals surface area contributed by atoms with Gasteiger partial charge in [-0.3, -0.25) is 0 Å². The van der Waals surface area contributed by atoms with E-state index in [4.69, 9.17) is 12.2 Å². The van der Waals surface area contributed by atoms with Gasteiger partial charge in [-0.15, -0.1) is 0 Å². The first kappa shape index (κ1) is 16.8. The minimum atomic E-state index is -0.968. The number of nitrogens with one attached hydrogen (secondary N) is 3. The molecule has 0 aliphatic rings. The van der Waals surface area contributed by atoms with E-state index in [2.05, 4.69) is 32.7 Å². The Hall–Kier alpha value is -1.57. The second-order valence-corrected chi connectivity index (χ2v) is 6.77. The zero-order valence-electron chi connectivity index (χ0n) is 12.5. The van der Waals surface area contributed by atoms with Crippen LogP contribution in [0.3, 0.4) is 0 Å². The molecule has 5 nitrogen and oxygen atoms in total. The summed E-state index contributed by atoms with van der Waals surface area (Å²) in [7, 11) is 1.76. The van der Waals surface area contributed by atoms with E-state index in [-0.39, 0.29) is 0 Å². The molecule has 22 heavy (non-hydrogen) atoms. The Balaban J connectivity index is 1.85. The Bertz CT molecular complexity index is 588. The van der Waals surface area contributed by atoms with Crippen molar-refractivity contribution in [3.63, 3.8) is 0 Å². The van der Waals surface area contributed by atoms with Crippen LogP contribution in [0.1, 0.15) is 17.0 Å². The normalized spacial score (nSPS) is 11.9. The lowest BCUT2D eigenvalue weighted by Crippen LogP contribution is -2.35. The first-order valence-corrected chi connectivity index (χ1v) is 8.94. The summed E-state index contributed by atoms with van der Waals surface area (Å²) in [4.78, 5) is 7.46. The average Bonchev–Trinajstić information content (AvgIpc) is 2.95. The van der Waals surface area contributed by atoms with Crippen molar-refractivity contribution in [2.24, 2.45) is 0 Å². The van der Waals surface area contributed by atoms with Crippen molar-refractivity contribution in [3.8, 4) is 0 Å². The quantitative estimate of drug-likeness (QED) is 0.525. The minimum absolute atomic E-state index is 0.458. The Morgan fingerprint density at radius 1 is 1.36 bits per heavy atom. The third kappa shape index (κ3) is 5.32. The number of hydrogen-bond acceptors (Lipinski definition) is 3. The van der Waals surface area contributed by atoms with E-state index >= 15 is 0 Å². The fourth-order valence-corrected chi connectivity index (χ4v) is 3.15. The van der Waals surface area contributed by atoms with Crippen LogP contribution in [0.25, 0.3) is 0 Å². The number of nitrogens with zero attached hydrogens (tertiary/aromatic N) is 1. The van der Waals surface area contributed by atoms with Crippen LogP contribution in [-0.4, -0.2) is 39.0 Å². The predicted octanol–water partition coefficient (Wildman–Crippen LogP) is 1.34. The maximum absolute atomic E-state index is 12.1. The van der Waals surface area contributed by atoms with E-state index in [1.807, 2.05) is 18.2 Å². The summed E-state index contributed by atoms with van der Waals surface area (Å²) in [5.41, 5.74) is 3.11. The van der Waals surface area contributed by atoms with Crippen molar-refractivity contribution < 1.29 is 4.55 Å². The number of hydrogen-bond donors (Lipinski definition) is 3. The van der Waals surface area contributed by atoms with E-state index in [1.165, 1.54) is 5.56 Å². The van der Waals surface area contributed by atoms with Crippen molar-refractivity contribution >= 4 is 28.5 Å². The standard InChI is InChI=1S/C15H20N4OS2/c1-16-15(21)17-7-8-22(20)10-14-13(18-11-19-14)9-12-5-3-2-4-6-12/h2-6,11H,7-10H2,1H3,(H,18,19)(H2,16,17,21). The molecule has 0 amide bonds. The molecule has 0 spiro atoms. The molecule has 3 N–H and O–H groups in total. The maximum Gasteiger partial charge on any atom is 0.166 e. The summed E-state index contributed by atoms with van der Waals surface area (Å²) in [6.07, 6.45) is 2.44. The van der Waals surface area contributed by atoms with Gasteiger partial charge in [0.2, 0.25) is 0 Å². The Kier molecular flexibility index (Phi) is 6.70. The van der Waals surface area contributed by atoms with E-state index in [0.717, 1.165) is 17.8 Å². The Morgan fingerprint density at radius 2 is 2.14 bits per heavy atom. The van der Waals surface area contributed by atoms with E-state index in [1.54, 1.807) is 13.4 Å². The van der Waals surface area contributed by atoms with Gasteiger partial charge >= 0.3 is 0 Å². The topological polar surface area (TPSA) is 75.8 Å². The molecule has 0 aliphatic carbocycles. The van der Waals surface area contributed by atoms with Gasteiger partial charge in [0, 0.05) is 19.2 Å². The number of aromatic nitrogens is 2. The fourth-order valence-electron chi connectivity index (χ4n) is 2.02. The van der Waals surface area contributed by atoms with E-state index in [9.17, 15) is 4.55 Å². The van der Waals surface area contributed by atoms with Gasteiger partial charge in [-0.2, -0.15) is 0 Å². The summed E-state index contributed by atoms with van der Waals surface area (Å²) in [5, 5.41) is 6.39. The van der Waals surface area contributed by atoms with E-state index < -0.39 is 11.2 Å². The molecule has 1 atom stereocenters. The molecule has 2 rings (SSSR count). The van der Waals surface area contributed by atoms with Crippen LogP contribution in [0.2, 0.25) is 0 Å². The van der Waals surface area contributed by atoms with Crippen LogP contribution < -0.4 is 10.6 Å². The van der Waals surface area contributed by atoms with Crippen molar-refractivity contribution in [3.05, 3.63) is 53.6 Å². The molecule has 1 aromatic carbocycles. The zero-order valence-corrected chi connectivity index (χ0v) is 14.1. The lowest BCUT2D eigenvalue weighted by Gasteiger charge is -2.12. The van der Waals surface area contributed by atoms with Gasteiger partial charge in [0.15, 0.2) is 5.11 Å². The van der Waals surface area contributed by atoms with Gasteiger partial charge in [-0.1, -0.05) is 30.3 Å². The SMILES string of the molecule is CNC(=S)NCC[S+]([O-])Cc1nc[nH]c1Cc1ccccc1. The largest absolute Gasteiger partial charge is 0.616 e. The second-order valence-electron chi connectivity index (χ2n) is 4.78. The van der Waals surface area contributed by atoms with Crippen LogP contribution in [0.15, 0.2) is 36.7 Å². The molecule has 0 saturated carbocycles. The van der Waals surface area contributed by atoms with Crippen LogP contribution in [-0.2, 0) is 23.3 Å². The molecule has 0 aliphatic heterocycles. The summed E-state index contributed by atoms with van der Waals surface area (Å²) in [6.45, 7) is 0.588. The van der Waals surface area contributed by atoms with Gasteiger partial charge in [0.05, 0.1) is 12.9 Å². The number of benzene rings is 1. The highest BCUT2D eigenvalue weighted by Gasteiger charge is 2.14. The summed E-state index contributed by atoms with van der Waals surface area (Å²) in [5.74, 6) is 0.999. The molecule has 1 heterocycles. The number of rotatable bonds is 7. The van der Waals surface area contributed by atoms with E-state index in [0.29, 0.717) is 23.2 Å². The molecule has 1 unspecified atom stereocenters. The number of thiocarbonyl (C=S) groups is 1. The number of imidazole rings is 1. The lowest BCUT2D eigenvalue weighted by atomic mass is 10.1. The molecule has 0 saturated heterocycles. The molecule has 2 aromatic rings. The summed E-state index contributed by atoms with van der Waals surface area (Å²) < 4.78 is 12.1. The first-order chi connectivity index (χ1) is 10.7. The summed E-state index contributed by atoms with van der Waals surface area (Å²) in [6, 6.07) is 10.2. The third-order valence-electron chi connectivity index (χ3n) is 3.17. The molecule has 0 fully saturated rings. The zero-order chi connectivity index (χ0) is 15.8. The van der Waals surface area contributed by atoms with Crippen molar-refractivity contribution in [1.82, 2.24) is 20.6 Å². The van der Waals surface area contributed by atoms with Crippen molar-refractivity contribution in [2.75, 3.05) is 19.3 Å². The van der Waals surface area contributed by atoms with Gasteiger partial charge in [0.1, 0.15) is 17.2 Å². The third-order valence-corrected chi connectivity index (χ3v) is 4.77. The molecule has 0 bridgehead atoms. The minimum Gasteiger partial charge on any atom is -0.616 e. The smallest absolute Gasteiger partial charge is 0.166 e. The van der Waals surface area contributed by atoms with Crippen LogP contribution in [0.4, 0.5) is 0 Å². The van der Waals surface area contributed by atoms with Gasteiger partial charge in [0.25, 0.3) is 0 Å². The molecular formula is C15H20N4OS2. The predicted molar refractivity (Wildman–Crippen MR) is 94.2 cm³/mol. The average molecular weight is 336 g/mol. The number of aromatic amines is 1. The number of H-pyrrole nitrogens is 1. The highest BCUT2D eigenvalue weighted by Crippen LogP contribution is 2.13. The van der Waals surface area contributed by atoms with Gasteiger partial charge in [-0.05, 0) is 29.0 Å². The van der Waals surface area contributed by atoms with Gasteiger partial charge < -0.3 is 20.2 Å². The van der Waals surface area contributed by atoms with Crippen LogP contribution >= 0.6 is 12.2 Å². The molecule has 1 aromatic heterocycles. The van der Waals surface area contributed by atoms with Crippen molar-refractivity contribution in [1.29, 1.82) is 0 Å². The fraction of sp³-hybridized carbons (Fsp3) is 0.333. The van der Waals surface area contributed by atoms with Gasteiger partial charge in [-0.25, -0.2) is 4.98 Å². The lowest BCUT2D eigenvalue weighted by molar-refractivity contribution is 0.592. The molecule has 7 heteroatoms. The maximum atomic E-state index is 12.1. The van der Waals surface area contributed by atoms with Crippen LogP contribution in [0.5, 0.6) is 0 Å².